The van der Waals surface area contributed by atoms with Gasteiger partial charge in [0.05, 0.1) is 0 Å². The molecular weight excluding hydrogens is 188 g/mol. The number of benzene rings is 1. The normalized spacial score (nSPS) is 10.1. The molecule has 0 spiro atoms. The number of fused-ring (bicyclic) bond motifs is 1. The Kier molecular flexibility index (Phi) is 2.26. The SMILES string of the molecule is CCc1ccc2[nH]c(=O)c(C#N)cc2c1. The van der Waals surface area contributed by atoms with E-state index in [1.165, 1.54) is 5.56 Å². The molecule has 0 aliphatic heterocycles. The molecule has 2 aromatic rings. The zero-order valence-electron chi connectivity index (χ0n) is 8.37. The van der Waals surface area contributed by atoms with Crippen molar-refractivity contribution < 1.29 is 0 Å². The number of aromatic amines is 1. The summed E-state index contributed by atoms with van der Waals surface area (Å²) in [7, 11) is 0. The minimum atomic E-state index is -0.325. The maximum Gasteiger partial charge on any atom is 0.266 e. The molecule has 1 aromatic carbocycles. The third-order valence-electron chi connectivity index (χ3n) is 2.44. The number of nitrogens with zero attached hydrogens (tertiary/aromatic N) is 1. The number of aromatic nitrogens is 1. The second kappa shape index (κ2) is 3.58. The zero-order valence-corrected chi connectivity index (χ0v) is 8.37. The number of rotatable bonds is 1. The molecule has 1 N–H and O–H groups in total. The molecular formula is C12H10N2O. The van der Waals surface area contributed by atoms with Crippen LogP contribution in [0.3, 0.4) is 0 Å². The van der Waals surface area contributed by atoms with Gasteiger partial charge >= 0.3 is 0 Å². The highest BCUT2D eigenvalue weighted by Crippen LogP contribution is 2.13. The van der Waals surface area contributed by atoms with E-state index in [0.29, 0.717) is 0 Å². The van der Waals surface area contributed by atoms with Crippen LogP contribution in [0.4, 0.5) is 0 Å². The molecule has 0 bridgehead atoms. The van der Waals surface area contributed by atoms with Crippen LogP contribution in [-0.4, -0.2) is 4.98 Å². The first-order valence-electron chi connectivity index (χ1n) is 4.80. The number of hydrogen-bond donors (Lipinski definition) is 1. The molecule has 1 aromatic heterocycles. The molecule has 15 heavy (non-hydrogen) atoms. The molecule has 0 saturated heterocycles. The van der Waals surface area contributed by atoms with Gasteiger partial charge in [-0.15, -0.1) is 0 Å². The molecule has 0 aliphatic carbocycles. The average Bonchev–Trinajstić information content (AvgIpc) is 2.27. The van der Waals surface area contributed by atoms with Gasteiger partial charge in [-0.25, -0.2) is 0 Å². The fraction of sp³-hybridized carbons (Fsp3) is 0.167. The Bertz CT molecular complexity index is 605. The van der Waals surface area contributed by atoms with Crippen molar-refractivity contribution in [3.63, 3.8) is 0 Å². The third kappa shape index (κ3) is 1.62. The summed E-state index contributed by atoms with van der Waals surface area (Å²) in [5, 5.41) is 9.64. The summed E-state index contributed by atoms with van der Waals surface area (Å²) in [6.07, 6.45) is 0.941. The van der Waals surface area contributed by atoms with Crippen LogP contribution >= 0.6 is 0 Å². The lowest BCUT2D eigenvalue weighted by Gasteiger charge is -2.01. The van der Waals surface area contributed by atoms with Crippen molar-refractivity contribution in [2.75, 3.05) is 0 Å². The van der Waals surface area contributed by atoms with Crippen LogP contribution in [0.1, 0.15) is 18.1 Å². The third-order valence-corrected chi connectivity index (χ3v) is 2.44. The number of hydrogen-bond acceptors (Lipinski definition) is 2. The fourth-order valence-corrected chi connectivity index (χ4v) is 1.56. The summed E-state index contributed by atoms with van der Waals surface area (Å²) in [5.41, 5.74) is 1.81. The zero-order chi connectivity index (χ0) is 10.8. The van der Waals surface area contributed by atoms with E-state index in [0.717, 1.165) is 17.3 Å². The Morgan fingerprint density at radius 3 is 2.87 bits per heavy atom. The predicted molar refractivity (Wildman–Crippen MR) is 58.7 cm³/mol. The maximum atomic E-state index is 11.3. The summed E-state index contributed by atoms with van der Waals surface area (Å²) < 4.78 is 0. The first kappa shape index (κ1) is 9.47. The van der Waals surface area contributed by atoms with E-state index < -0.39 is 0 Å². The lowest BCUT2D eigenvalue weighted by Crippen LogP contribution is -2.09. The molecule has 1 heterocycles. The van der Waals surface area contributed by atoms with Gasteiger partial charge in [0.25, 0.3) is 5.56 Å². The highest BCUT2D eigenvalue weighted by Gasteiger charge is 2.01. The standard InChI is InChI=1S/C12H10N2O/c1-2-8-3-4-11-9(5-8)6-10(7-13)12(15)14-11/h3-6H,2H2,1H3,(H,14,15). The van der Waals surface area contributed by atoms with Crippen LogP contribution < -0.4 is 5.56 Å². The van der Waals surface area contributed by atoms with E-state index in [2.05, 4.69) is 11.9 Å². The van der Waals surface area contributed by atoms with Crippen molar-refractivity contribution in [1.29, 1.82) is 5.26 Å². The Morgan fingerprint density at radius 2 is 2.20 bits per heavy atom. The molecule has 0 amide bonds. The van der Waals surface area contributed by atoms with Crippen LogP contribution in [0.5, 0.6) is 0 Å². The van der Waals surface area contributed by atoms with Gasteiger partial charge in [-0.1, -0.05) is 13.0 Å². The van der Waals surface area contributed by atoms with Crippen LogP contribution in [0.15, 0.2) is 29.1 Å². The van der Waals surface area contributed by atoms with Gasteiger partial charge in [0.2, 0.25) is 0 Å². The Balaban J connectivity index is 2.78. The molecule has 0 atom stereocenters. The minimum Gasteiger partial charge on any atom is -0.321 e. The molecule has 0 radical (unpaired) electrons. The lowest BCUT2D eigenvalue weighted by molar-refractivity contribution is 1.14. The lowest BCUT2D eigenvalue weighted by atomic mass is 10.1. The molecule has 0 unspecified atom stereocenters. The van der Waals surface area contributed by atoms with Crippen molar-refractivity contribution in [2.45, 2.75) is 13.3 Å². The fourth-order valence-electron chi connectivity index (χ4n) is 1.56. The topological polar surface area (TPSA) is 56.6 Å². The van der Waals surface area contributed by atoms with Crippen LogP contribution in [-0.2, 0) is 6.42 Å². The molecule has 2 rings (SSSR count). The van der Waals surface area contributed by atoms with Crippen molar-refractivity contribution in [1.82, 2.24) is 4.98 Å². The summed E-state index contributed by atoms with van der Waals surface area (Å²) in [4.78, 5) is 14.0. The average molecular weight is 198 g/mol. The van der Waals surface area contributed by atoms with E-state index in [-0.39, 0.29) is 11.1 Å². The van der Waals surface area contributed by atoms with Crippen molar-refractivity contribution in [3.05, 3.63) is 45.7 Å². The van der Waals surface area contributed by atoms with Gasteiger partial charge in [0, 0.05) is 5.52 Å². The minimum absolute atomic E-state index is 0.163. The largest absolute Gasteiger partial charge is 0.321 e. The number of nitriles is 1. The second-order valence-corrected chi connectivity index (χ2v) is 3.40. The van der Waals surface area contributed by atoms with Crippen molar-refractivity contribution >= 4 is 10.9 Å². The molecule has 74 valence electrons. The Morgan fingerprint density at radius 1 is 1.40 bits per heavy atom. The Hall–Kier alpha value is -2.08. The quantitative estimate of drug-likeness (QED) is 0.761. The van der Waals surface area contributed by atoms with E-state index in [9.17, 15) is 4.79 Å². The highest BCUT2D eigenvalue weighted by atomic mass is 16.1. The van der Waals surface area contributed by atoms with Gasteiger partial charge < -0.3 is 4.98 Å². The first-order chi connectivity index (χ1) is 7.24. The van der Waals surface area contributed by atoms with Gasteiger partial charge in [-0.3, -0.25) is 4.79 Å². The number of pyridine rings is 1. The molecule has 0 saturated carbocycles. The summed E-state index contributed by atoms with van der Waals surface area (Å²) >= 11 is 0. The monoisotopic (exact) mass is 198 g/mol. The van der Waals surface area contributed by atoms with E-state index in [1.807, 2.05) is 24.3 Å². The molecule has 0 aliphatic rings. The summed E-state index contributed by atoms with van der Waals surface area (Å²) in [6, 6.07) is 9.35. The number of H-pyrrole nitrogens is 1. The van der Waals surface area contributed by atoms with E-state index in [1.54, 1.807) is 6.07 Å². The van der Waals surface area contributed by atoms with Crippen LogP contribution in [0.25, 0.3) is 10.9 Å². The summed E-state index contributed by atoms with van der Waals surface area (Å²) in [6.45, 7) is 2.07. The van der Waals surface area contributed by atoms with E-state index >= 15 is 0 Å². The van der Waals surface area contributed by atoms with Gasteiger partial charge in [-0.05, 0) is 35.6 Å². The van der Waals surface area contributed by atoms with Crippen LogP contribution in [0.2, 0.25) is 0 Å². The van der Waals surface area contributed by atoms with Crippen LogP contribution in [0, 0.1) is 11.3 Å². The maximum absolute atomic E-state index is 11.3. The number of aryl methyl sites for hydroxylation is 1. The van der Waals surface area contributed by atoms with Crippen molar-refractivity contribution in [2.24, 2.45) is 0 Å². The van der Waals surface area contributed by atoms with Gasteiger partial charge in [0.1, 0.15) is 11.6 Å². The first-order valence-corrected chi connectivity index (χ1v) is 4.80. The predicted octanol–water partition coefficient (Wildman–Crippen LogP) is 1.96. The van der Waals surface area contributed by atoms with E-state index in [4.69, 9.17) is 5.26 Å². The molecule has 3 heteroatoms. The molecule has 3 nitrogen and oxygen atoms in total. The molecule has 0 fully saturated rings. The Labute approximate surface area is 87.0 Å². The number of nitrogens with one attached hydrogen (secondary N) is 1. The smallest absolute Gasteiger partial charge is 0.266 e. The van der Waals surface area contributed by atoms with Crippen molar-refractivity contribution in [3.8, 4) is 6.07 Å². The summed E-state index contributed by atoms with van der Waals surface area (Å²) in [5.74, 6) is 0. The van der Waals surface area contributed by atoms with Gasteiger partial charge in [0.15, 0.2) is 0 Å². The second-order valence-electron chi connectivity index (χ2n) is 3.40. The van der Waals surface area contributed by atoms with Gasteiger partial charge in [-0.2, -0.15) is 5.26 Å². The highest BCUT2D eigenvalue weighted by molar-refractivity contribution is 5.80.